The summed E-state index contributed by atoms with van der Waals surface area (Å²) in [5.74, 6) is 0.971. The summed E-state index contributed by atoms with van der Waals surface area (Å²) in [7, 11) is 0. The van der Waals surface area contributed by atoms with Crippen molar-refractivity contribution in [2.75, 3.05) is 5.32 Å². The summed E-state index contributed by atoms with van der Waals surface area (Å²) in [6, 6.07) is 20.4. The van der Waals surface area contributed by atoms with E-state index in [1.54, 1.807) is 24.4 Å². The van der Waals surface area contributed by atoms with Crippen LogP contribution in [0.1, 0.15) is 16.1 Å². The molecule has 0 bridgehead atoms. The van der Waals surface area contributed by atoms with Gasteiger partial charge in [-0.2, -0.15) is 4.98 Å². The predicted octanol–water partition coefficient (Wildman–Crippen LogP) is 6.47. The Bertz CT molecular complexity index is 1370. The van der Waals surface area contributed by atoms with E-state index in [2.05, 4.69) is 31.2 Å². The van der Waals surface area contributed by atoms with Crippen LogP contribution in [-0.4, -0.2) is 15.9 Å². The number of halogens is 1. The summed E-state index contributed by atoms with van der Waals surface area (Å²) >= 11 is 3.41. The molecule has 6 nitrogen and oxygen atoms in total. The molecule has 0 fully saturated rings. The number of aromatic nitrogens is 2. The number of furan rings is 1. The summed E-state index contributed by atoms with van der Waals surface area (Å²) in [5.41, 5.74) is 4.35. The lowest BCUT2D eigenvalue weighted by atomic mass is 10.1. The number of oxazole rings is 1. The predicted molar refractivity (Wildman–Crippen MR) is 122 cm³/mol. The first-order chi connectivity index (χ1) is 15.1. The number of benzene rings is 2. The molecule has 0 spiro atoms. The molecule has 152 valence electrons. The van der Waals surface area contributed by atoms with Gasteiger partial charge in [0, 0.05) is 27.5 Å². The lowest BCUT2D eigenvalue weighted by molar-refractivity contribution is 0.0997. The summed E-state index contributed by atoms with van der Waals surface area (Å²) in [6.07, 6.45) is 1.67. The second-order valence-corrected chi connectivity index (χ2v) is 7.91. The minimum absolute atomic E-state index is 0.230. The second-order valence-electron chi connectivity index (χ2n) is 7.00. The van der Waals surface area contributed by atoms with E-state index < -0.39 is 0 Å². The first-order valence-electron chi connectivity index (χ1n) is 9.56. The van der Waals surface area contributed by atoms with E-state index in [1.807, 2.05) is 55.5 Å². The van der Waals surface area contributed by atoms with Gasteiger partial charge in [0.25, 0.3) is 5.91 Å². The molecule has 0 aliphatic heterocycles. The number of carbonyl (C=O) groups excluding carboxylic acids is 1. The average molecular weight is 474 g/mol. The monoisotopic (exact) mass is 473 g/mol. The molecule has 1 N–H and O–H groups in total. The SMILES string of the molecule is Cc1ccc(-c2nc3ncccc3o2)cc1NC(=O)c1ccc(-c2ccc(Br)cc2)o1. The van der Waals surface area contributed by atoms with E-state index in [0.717, 1.165) is 21.2 Å². The third-order valence-corrected chi connectivity index (χ3v) is 5.38. The van der Waals surface area contributed by atoms with Crippen molar-refractivity contribution in [3.63, 3.8) is 0 Å². The first-order valence-corrected chi connectivity index (χ1v) is 10.4. The van der Waals surface area contributed by atoms with Crippen LogP contribution in [0.4, 0.5) is 5.69 Å². The highest BCUT2D eigenvalue weighted by molar-refractivity contribution is 9.10. The van der Waals surface area contributed by atoms with E-state index in [-0.39, 0.29) is 11.7 Å². The second kappa shape index (κ2) is 7.85. The fraction of sp³-hybridized carbons (Fsp3) is 0.0417. The minimum atomic E-state index is -0.331. The molecule has 7 heteroatoms. The van der Waals surface area contributed by atoms with E-state index in [0.29, 0.717) is 28.6 Å². The number of nitrogens with one attached hydrogen (secondary N) is 1. The van der Waals surface area contributed by atoms with Crippen molar-refractivity contribution in [1.29, 1.82) is 0 Å². The molecule has 2 aromatic carbocycles. The van der Waals surface area contributed by atoms with Gasteiger partial charge in [-0.05, 0) is 61.0 Å². The van der Waals surface area contributed by atoms with Crippen LogP contribution in [0.2, 0.25) is 0 Å². The van der Waals surface area contributed by atoms with Gasteiger partial charge in [-0.1, -0.05) is 34.1 Å². The Morgan fingerprint density at radius 2 is 1.77 bits per heavy atom. The van der Waals surface area contributed by atoms with Crippen LogP contribution in [0.15, 0.2) is 86.2 Å². The molecule has 0 saturated heterocycles. The standard InChI is InChI=1S/C24H16BrN3O3/c1-14-4-5-16(24-28-22-20(31-24)3-2-12-26-22)13-18(14)27-23(29)21-11-10-19(30-21)15-6-8-17(25)9-7-15/h2-13H,1H3,(H,27,29). The van der Waals surface area contributed by atoms with Gasteiger partial charge in [-0.25, -0.2) is 4.98 Å². The molecule has 3 heterocycles. The number of aryl methyl sites for hydroxylation is 1. The molecule has 0 aliphatic rings. The average Bonchev–Trinajstić information content (AvgIpc) is 3.43. The van der Waals surface area contributed by atoms with Crippen molar-refractivity contribution in [1.82, 2.24) is 9.97 Å². The number of rotatable bonds is 4. The van der Waals surface area contributed by atoms with Crippen LogP contribution in [0.25, 0.3) is 34.0 Å². The Labute approximate surface area is 186 Å². The van der Waals surface area contributed by atoms with Gasteiger partial charge in [0.1, 0.15) is 5.76 Å². The molecular formula is C24H16BrN3O3. The normalized spacial score (nSPS) is 11.0. The van der Waals surface area contributed by atoms with E-state index in [9.17, 15) is 4.79 Å². The van der Waals surface area contributed by atoms with Crippen LogP contribution >= 0.6 is 15.9 Å². The van der Waals surface area contributed by atoms with Crippen LogP contribution in [-0.2, 0) is 0 Å². The van der Waals surface area contributed by atoms with Gasteiger partial charge in [0.2, 0.25) is 5.89 Å². The molecular weight excluding hydrogens is 458 g/mol. The van der Waals surface area contributed by atoms with Gasteiger partial charge in [0.15, 0.2) is 17.0 Å². The highest BCUT2D eigenvalue weighted by Gasteiger charge is 2.15. The Balaban J connectivity index is 1.40. The lowest BCUT2D eigenvalue weighted by Gasteiger charge is -2.08. The summed E-state index contributed by atoms with van der Waals surface area (Å²) in [5, 5.41) is 2.92. The number of anilines is 1. The van der Waals surface area contributed by atoms with Crippen molar-refractivity contribution in [3.8, 4) is 22.8 Å². The quantitative estimate of drug-likeness (QED) is 0.323. The zero-order chi connectivity index (χ0) is 21.4. The Morgan fingerprint density at radius 1 is 0.968 bits per heavy atom. The molecule has 1 amide bonds. The zero-order valence-corrected chi connectivity index (χ0v) is 18.0. The Kier molecular flexibility index (Phi) is 4.88. The lowest BCUT2D eigenvalue weighted by Crippen LogP contribution is -2.11. The molecule has 5 aromatic rings. The van der Waals surface area contributed by atoms with E-state index in [1.165, 1.54) is 0 Å². The highest BCUT2D eigenvalue weighted by atomic mass is 79.9. The first kappa shape index (κ1) is 19.3. The van der Waals surface area contributed by atoms with Gasteiger partial charge in [0.05, 0.1) is 0 Å². The zero-order valence-electron chi connectivity index (χ0n) is 16.4. The third-order valence-electron chi connectivity index (χ3n) is 4.86. The summed E-state index contributed by atoms with van der Waals surface area (Å²) in [6.45, 7) is 1.92. The molecule has 5 rings (SSSR count). The highest BCUT2D eigenvalue weighted by Crippen LogP contribution is 2.28. The number of amides is 1. The van der Waals surface area contributed by atoms with Crippen LogP contribution in [0, 0.1) is 6.92 Å². The van der Waals surface area contributed by atoms with Gasteiger partial charge >= 0.3 is 0 Å². The molecule has 0 aliphatic carbocycles. The number of carbonyl (C=O) groups is 1. The molecule has 0 atom stereocenters. The topological polar surface area (TPSA) is 81.2 Å². The summed E-state index contributed by atoms with van der Waals surface area (Å²) < 4.78 is 12.5. The fourth-order valence-electron chi connectivity index (χ4n) is 3.20. The van der Waals surface area contributed by atoms with Gasteiger partial charge in [-0.15, -0.1) is 0 Å². The van der Waals surface area contributed by atoms with Crippen molar-refractivity contribution in [2.24, 2.45) is 0 Å². The van der Waals surface area contributed by atoms with E-state index >= 15 is 0 Å². The van der Waals surface area contributed by atoms with E-state index in [4.69, 9.17) is 8.83 Å². The van der Waals surface area contributed by atoms with Crippen molar-refractivity contribution < 1.29 is 13.6 Å². The molecule has 0 unspecified atom stereocenters. The molecule has 31 heavy (non-hydrogen) atoms. The smallest absolute Gasteiger partial charge is 0.291 e. The van der Waals surface area contributed by atoms with Crippen molar-refractivity contribution in [2.45, 2.75) is 6.92 Å². The number of nitrogens with zero attached hydrogens (tertiary/aromatic N) is 2. The third kappa shape index (κ3) is 3.87. The maximum absolute atomic E-state index is 12.8. The molecule has 0 radical (unpaired) electrons. The van der Waals surface area contributed by atoms with Crippen LogP contribution < -0.4 is 5.32 Å². The van der Waals surface area contributed by atoms with Crippen LogP contribution in [0.5, 0.6) is 0 Å². The van der Waals surface area contributed by atoms with Crippen molar-refractivity contribution >= 4 is 38.8 Å². The number of hydrogen-bond acceptors (Lipinski definition) is 5. The van der Waals surface area contributed by atoms with Crippen LogP contribution in [0.3, 0.4) is 0 Å². The van der Waals surface area contributed by atoms with Crippen molar-refractivity contribution in [3.05, 3.63) is 88.7 Å². The number of fused-ring (bicyclic) bond motifs is 1. The largest absolute Gasteiger partial charge is 0.451 e. The fourth-order valence-corrected chi connectivity index (χ4v) is 3.46. The van der Waals surface area contributed by atoms with Gasteiger partial charge < -0.3 is 14.2 Å². The maximum Gasteiger partial charge on any atom is 0.291 e. The number of hydrogen-bond donors (Lipinski definition) is 1. The Morgan fingerprint density at radius 3 is 2.58 bits per heavy atom. The Hall–Kier alpha value is -3.71. The maximum atomic E-state index is 12.8. The van der Waals surface area contributed by atoms with Gasteiger partial charge in [-0.3, -0.25) is 4.79 Å². The number of pyridine rings is 1. The molecule has 0 saturated carbocycles. The molecule has 3 aromatic heterocycles. The summed E-state index contributed by atoms with van der Waals surface area (Å²) in [4.78, 5) is 21.4. The minimum Gasteiger partial charge on any atom is -0.451 e.